The summed E-state index contributed by atoms with van der Waals surface area (Å²) in [4.78, 5) is 22.9. The second kappa shape index (κ2) is 10.9. The fraction of sp³-hybridized carbons (Fsp3) is 0.370. The van der Waals surface area contributed by atoms with Crippen LogP contribution in [-0.4, -0.2) is 50.2 Å². The number of nitrogens with zero attached hydrogens (tertiary/aromatic N) is 6. The topological polar surface area (TPSA) is 123 Å². The summed E-state index contributed by atoms with van der Waals surface area (Å²) >= 11 is 1.44. The number of thiazole rings is 1. The van der Waals surface area contributed by atoms with E-state index in [1.807, 2.05) is 12.1 Å². The highest BCUT2D eigenvalue weighted by Gasteiger charge is 2.36. The summed E-state index contributed by atoms with van der Waals surface area (Å²) in [6.45, 7) is 7.79. The van der Waals surface area contributed by atoms with E-state index >= 15 is 0 Å². The maximum absolute atomic E-state index is 12.9. The number of sulfone groups is 1. The zero-order valence-electron chi connectivity index (χ0n) is 22.3. The molecule has 1 N–H and O–H groups in total. The third-order valence-corrected chi connectivity index (χ3v) is 9.60. The largest absolute Gasteiger partial charge is 0.346 e. The van der Waals surface area contributed by atoms with E-state index in [0.29, 0.717) is 28.2 Å². The molecule has 0 radical (unpaired) electrons. The van der Waals surface area contributed by atoms with Crippen molar-refractivity contribution in [3.8, 4) is 11.4 Å². The predicted molar refractivity (Wildman–Crippen MR) is 149 cm³/mol. The van der Waals surface area contributed by atoms with Crippen molar-refractivity contribution in [3.05, 3.63) is 75.2 Å². The minimum absolute atomic E-state index is 0.0560. The Kier molecular flexibility index (Phi) is 7.61. The van der Waals surface area contributed by atoms with Gasteiger partial charge < -0.3 is 5.32 Å². The Labute approximate surface area is 232 Å². The Bertz CT molecular complexity index is 1580. The van der Waals surface area contributed by atoms with Crippen molar-refractivity contribution < 1.29 is 13.2 Å². The molecular weight excluding hydrogens is 534 g/mol. The van der Waals surface area contributed by atoms with E-state index in [2.05, 4.69) is 51.6 Å². The van der Waals surface area contributed by atoms with Crippen LogP contribution in [0.25, 0.3) is 11.4 Å². The van der Waals surface area contributed by atoms with E-state index < -0.39 is 9.84 Å². The molecule has 0 saturated carbocycles. The van der Waals surface area contributed by atoms with Crippen molar-refractivity contribution in [2.75, 3.05) is 5.75 Å². The van der Waals surface area contributed by atoms with Gasteiger partial charge in [0.1, 0.15) is 0 Å². The Morgan fingerprint density at radius 1 is 1.10 bits per heavy atom. The van der Waals surface area contributed by atoms with Gasteiger partial charge in [0.05, 0.1) is 29.4 Å². The molecule has 39 heavy (non-hydrogen) atoms. The molecule has 4 aromatic rings. The molecule has 1 atom stereocenters. The number of aryl methyl sites for hydroxylation is 1. The van der Waals surface area contributed by atoms with E-state index in [-0.39, 0.29) is 17.7 Å². The number of carbonyl (C=O) groups excluding carboxylic acids is 1. The lowest BCUT2D eigenvalue weighted by atomic mass is 10.0. The highest BCUT2D eigenvalue weighted by atomic mass is 32.2. The van der Waals surface area contributed by atoms with Crippen molar-refractivity contribution in [1.82, 2.24) is 35.4 Å². The van der Waals surface area contributed by atoms with Gasteiger partial charge in [0.25, 0.3) is 5.91 Å². The third-order valence-electron chi connectivity index (χ3n) is 6.80. The molecule has 0 saturated heterocycles. The van der Waals surface area contributed by atoms with Crippen LogP contribution < -0.4 is 5.32 Å². The number of fused-ring (bicyclic) bond motifs is 1. The molecule has 0 unspecified atom stereocenters. The summed E-state index contributed by atoms with van der Waals surface area (Å²) in [6, 6.07) is 14.9. The van der Waals surface area contributed by atoms with E-state index in [1.165, 1.54) is 21.7 Å². The van der Waals surface area contributed by atoms with E-state index in [1.54, 1.807) is 38.2 Å². The van der Waals surface area contributed by atoms with Gasteiger partial charge >= 0.3 is 0 Å². The van der Waals surface area contributed by atoms with E-state index in [0.717, 1.165) is 34.8 Å². The number of amides is 1. The first-order valence-corrected chi connectivity index (χ1v) is 15.3. The third kappa shape index (κ3) is 5.77. The molecule has 1 aliphatic heterocycles. The molecule has 204 valence electrons. The molecule has 3 heterocycles. The van der Waals surface area contributed by atoms with Crippen LogP contribution in [0.3, 0.4) is 0 Å². The number of aromatic nitrogens is 5. The molecule has 0 bridgehead atoms. The highest BCUT2D eigenvalue weighted by Crippen LogP contribution is 2.41. The van der Waals surface area contributed by atoms with Gasteiger partial charge in [-0.15, -0.1) is 21.5 Å². The fourth-order valence-electron chi connectivity index (χ4n) is 4.79. The van der Waals surface area contributed by atoms with E-state index in [4.69, 9.17) is 4.98 Å². The molecule has 0 aliphatic carbocycles. The van der Waals surface area contributed by atoms with Crippen LogP contribution in [0.2, 0.25) is 0 Å². The average molecular weight is 566 g/mol. The lowest BCUT2D eigenvalue weighted by molar-refractivity contribution is 0.0949. The number of carbonyl (C=O) groups is 1. The minimum Gasteiger partial charge on any atom is -0.346 e. The van der Waals surface area contributed by atoms with Crippen molar-refractivity contribution in [1.29, 1.82) is 0 Å². The quantitative estimate of drug-likeness (QED) is 0.325. The number of benzene rings is 2. The predicted octanol–water partition coefficient (Wildman–Crippen LogP) is 3.77. The van der Waals surface area contributed by atoms with Crippen LogP contribution in [0, 0.1) is 5.92 Å². The summed E-state index contributed by atoms with van der Waals surface area (Å²) in [5, 5.41) is 15.6. The lowest BCUT2D eigenvalue weighted by Crippen LogP contribution is -2.27. The zero-order chi connectivity index (χ0) is 27.7. The summed E-state index contributed by atoms with van der Waals surface area (Å²) in [6.07, 6.45) is 0. The Morgan fingerprint density at radius 2 is 1.79 bits per heavy atom. The maximum Gasteiger partial charge on any atom is 0.280 e. The second-order valence-electron chi connectivity index (χ2n) is 9.95. The first-order valence-electron chi connectivity index (χ1n) is 12.8. The van der Waals surface area contributed by atoms with Gasteiger partial charge in [-0.2, -0.15) is 4.80 Å². The Morgan fingerprint density at radius 3 is 2.41 bits per heavy atom. The van der Waals surface area contributed by atoms with Crippen LogP contribution in [0.4, 0.5) is 0 Å². The zero-order valence-corrected chi connectivity index (χ0v) is 24.0. The fourth-order valence-corrected chi connectivity index (χ4v) is 6.71. The van der Waals surface area contributed by atoms with Crippen molar-refractivity contribution in [2.45, 2.75) is 51.3 Å². The van der Waals surface area contributed by atoms with Crippen LogP contribution in [0.15, 0.2) is 53.4 Å². The van der Waals surface area contributed by atoms with Gasteiger partial charge in [-0.3, -0.25) is 9.69 Å². The molecule has 0 fully saturated rings. The summed E-state index contributed by atoms with van der Waals surface area (Å²) in [5.41, 5.74) is 3.91. The first-order chi connectivity index (χ1) is 18.6. The molecule has 2 aromatic carbocycles. The number of hydrogen-bond donors (Lipinski definition) is 1. The Balaban J connectivity index is 1.23. The molecule has 10 nitrogen and oxygen atoms in total. The molecule has 12 heteroatoms. The molecule has 2 aromatic heterocycles. The van der Waals surface area contributed by atoms with Crippen LogP contribution in [0.5, 0.6) is 0 Å². The van der Waals surface area contributed by atoms with Gasteiger partial charge in [-0.05, 0) is 34.4 Å². The normalized spacial score (nSPS) is 15.6. The Hall–Kier alpha value is -3.48. The van der Waals surface area contributed by atoms with Crippen molar-refractivity contribution >= 4 is 27.1 Å². The van der Waals surface area contributed by atoms with Crippen LogP contribution in [-0.2, 0) is 36.5 Å². The molecule has 1 amide bonds. The van der Waals surface area contributed by atoms with Gasteiger partial charge in [0, 0.05) is 30.1 Å². The first kappa shape index (κ1) is 27.1. The molecule has 1 aliphatic rings. The number of tetrazole rings is 1. The maximum atomic E-state index is 12.9. The summed E-state index contributed by atoms with van der Waals surface area (Å²) in [5.74, 6) is 0.761. The molecular formula is C27H31N7O3S2. The van der Waals surface area contributed by atoms with Crippen LogP contribution >= 0.6 is 11.3 Å². The number of rotatable bonds is 9. The smallest absolute Gasteiger partial charge is 0.280 e. The van der Waals surface area contributed by atoms with Gasteiger partial charge in [0.2, 0.25) is 5.82 Å². The summed E-state index contributed by atoms with van der Waals surface area (Å²) < 4.78 is 24.0. The monoisotopic (exact) mass is 565 g/mol. The van der Waals surface area contributed by atoms with Gasteiger partial charge in [0.15, 0.2) is 14.8 Å². The highest BCUT2D eigenvalue weighted by molar-refractivity contribution is 7.91. The van der Waals surface area contributed by atoms with Crippen molar-refractivity contribution in [3.63, 3.8) is 0 Å². The SMILES string of the molecule is CCS(=O)(=O)c1ccc(CNC(=O)c2nc3c(s2)CN(Cc2ccc(-c4nnn(C)n4)cc2)[C@H]3C(C)C)cc1. The van der Waals surface area contributed by atoms with Crippen LogP contribution in [0.1, 0.15) is 58.3 Å². The van der Waals surface area contributed by atoms with Gasteiger partial charge in [-0.1, -0.05) is 57.2 Å². The minimum atomic E-state index is -3.25. The van der Waals surface area contributed by atoms with Gasteiger partial charge in [-0.25, -0.2) is 13.4 Å². The average Bonchev–Trinajstić information content (AvgIpc) is 3.62. The van der Waals surface area contributed by atoms with Crippen molar-refractivity contribution in [2.24, 2.45) is 13.0 Å². The number of hydrogen-bond acceptors (Lipinski definition) is 9. The molecule has 5 rings (SSSR count). The van der Waals surface area contributed by atoms with E-state index in [9.17, 15) is 13.2 Å². The lowest BCUT2D eigenvalue weighted by Gasteiger charge is -2.27. The second-order valence-corrected chi connectivity index (χ2v) is 13.3. The number of nitrogens with one attached hydrogen (secondary N) is 1. The molecule has 0 spiro atoms. The standard InChI is InChI=1S/C27H31N7O3S2/c1-5-39(36,37)21-12-8-18(9-13-21)14-28-26(35)27-29-23-22(38-27)16-34(24(23)17(2)3)15-19-6-10-20(11-7-19)25-30-32-33(4)31-25/h6-13,17,24H,5,14-16H2,1-4H3,(H,28,35)/t24-/m0/s1. The summed E-state index contributed by atoms with van der Waals surface area (Å²) in [7, 11) is -1.50.